The van der Waals surface area contributed by atoms with Gasteiger partial charge in [-0.05, 0) is 12.1 Å². The van der Waals surface area contributed by atoms with Crippen LogP contribution in [-0.4, -0.2) is 24.7 Å². The molecule has 0 amide bonds. The molecule has 0 radical (unpaired) electrons. The Morgan fingerprint density at radius 1 is 1.14 bits per heavy atom. The minimum Gasteiger partial charge on any atom is -0.338 e. The predicted molar refractivity (Wildman–Crippen MR) is 78.6 cm³/mol. The lowest BCUT2D eigenvalue weighted by Crippen LogP contribution is -1.89. The van der Waals surface area contributed by atoms with E-state index in [1.807, 2.05) is 6.07 Å². The number of halogens is 2. The fourth-order valence-electron chi connectivity index (χ4n) is 2.39. The van der Waals surface area contributed by atoms with E-state index in [0.29, 0.717) is 21.9 Å². The molecule has 0 saturated carbocycles. The second-order valence-corrected chi connectivity index (χ2v) is 5.12. The maximum Gasteiger partial charge on any atom is 0.142 e. The van der Waals surface area contributed by atoms with Crippen LogP contribution in [0.2, 0.25) is 5.15 Å². The molecular weight excluding hydrogens is 293 g/mol. The van der Waals surface area contributed by atoms with Crippen LogP contribution in [0.4, 0.5) is 4.39 Å². The van der Waals surface area contributed by atoms with Crippen LogP contribution >= 0.6 is 11.6 Å². The summed E-state index contributed by atoms with van der Waals surface area (Å²) < 4.78 is 15.0. The highest BCUT2D eigenvalue weighted by molar-refractivity contribution is 6.32. The average molecular weight is 302 g/mol. The number of nitrogens with one attached hydrogen (secondary N) is 1. The molecule has 1 N–H and O–H groups in total. The number of aromatic nitrogens is 5. The molecule has 0 aliphatic heterocycles. The molecule has 104 valence electrons. The molecule has 0 saturated heterocycles. The molecule has 0 aromatic carbocycles. The summed E-state index contributed by atoms with van der Waals surface area (Å²) in [6.45, 7) is 0. The van der Waals surface area contributed by atoms with Crippen molar-refractivity contribution in [2.24, 2.45) is 7.05 Å². The van der Waals surface area contributed by atoms with Crippen LogP contribution in [0.25, 0.3) is 33.2 Å². The molecule has 0 unspecified atom stereocenters. The van der Waals surface area contributed by atoms with E-state index in [-0.39, 0.29) is 5.82 Å². The van der Waals surface area contributed by atoms with E-state index >= 15 is 0 Å². The molecule has 0 bridgehead atoms. The van der Waals surface area contributed by atoms with Gasteiger partial charge in [0.15, 0.2) is 0 Å². The molecule has 21 heavy (non-hydrogen) atoms. The smallest absolute Gasteiger partial charge is 0.142 e. The maximum absolute atomic E-state index is 13.4. The van der Waals surface area contributed by atoms with Crippen LogP contribution in [0.3, 0.4) is 0 Å². The van der Waals surface area contributed by atoms with E-state index in [0.717, 1.165) is 16.5 Å². The molecule has 7 heteroatoms. The van der Waals surface area contributed by atoms with E-state index in [2.05, 4.69) is 20.1 Å². The molecule has 4 heterocycles. The number of hydrogen-bond donors (Lipinski definition) is 1. The van der Waals surface area contributed by atoms with Gasteiger partial charge in [-0.15, -0.1) is 0 Å². The summed E-state index contributed by atoms with van der Waals surface area (Å²) in [5, 5.41) is 6.17. The van der Waals surface area contributed by atoms with Gasteiger partial charge in [0.25, 0.3) is 0 Å². The first-order valence-corrected chi connectivity index (χ1v) is 6.62. The van der Waals surface area contributed by atoms with Crippen molar-refractivity contribution in [3.8, 4) is 11.3 Å². The van der Waals surface area contributed by atoms with Gasteiger partial charge in [-0.3, -0.25) is 9.67 Å². The largest absolute Gasteiger partial charge is 0.338 e. The summed E-state index contributed by atoms with van der Waals surface area (Å²) in [5.41, 5.74) is 2.85. The standard InChI is InChI=1S/C14H9ClFN5/c1-21-13(15)10(5-19-21)11-3-8-9-2-7(16)4-18-14(9)20-12(8)6-17-11/h2-6H,1H3,(H,18,20). The van der Waals surface area contributed by atoms with Gasteiger partial charge in [0, 0.05) is 17.8 Å². The third kappa shape index (κ3) is 1.80. The van der Waals surface area contributed by atoms with E-state index in [1.165, 1.54) is 12.3 Å². The van der Waals surface area contributed by atoms with Crippen LogP contribution < -0.4 is 0 Å². The van der Waals surface area contributed by atoms with Crippen LogP contribution in [0.1, 0.15) is 0 Å². The number of aromatic amines is 1. The molecule has 5 nitrogen and oxygen atoms in total. The number of aryl methyl sites for hydroxylation is 1. The Hall–Kier alpha value is -2.47. The topological polar surface area (TPSA) is 59.4 Å². The normalized spacial score (nSPS) is 11.6. The number of H-pyrrole nitrogens is 1. The van der Waals surface area contributed by atoms with Crippen LogP contribution in [-0.2, 0) is 7.05 Å². The summed E-state index contributed by atoms with van der Waals surface area (Å²) >= 11 is 6.19. The Kier molecular flexibility index (Phi) is 2.49. The van der Waals surface area contributed by atoms with Gasteiger partial charge in [-0.25, -0.2) is 9.37 Å². The van der Waals surface area contributed by atoms with Gasteiger partial charge in [0.1, 0.15) is 16.6 Å². The molecule has 4 aromatic rings. The van der Waals surface area contributed by atoms with Crippen LogP contribution in [0.15, 0.2) is 30.7 Å². The molecule has 0 atom stereocenters. The zero-order chi connectivity index (χ0) is 14.6. The van der Waals surface area contributed by atoms with Crippen molar-refractivity contribution in [2.45, 2.75) is 0 Å². The molecule has 0 aliphatic carbocycles. The fourth-order valence-corrected chi connectivity index (χ4v) is 2.58. The molecular formula is C14H9ClFN5. The zero-order valence-electron chi connectivity index (χ0n) is 10.9. The van der Waals surface area contributed by atoms with E-state index in [9.17, 15) is 4.39 Å². The average Bonchev–Trinajstić information content (AvgIpc) is 3.00. The Morgan fingerprint density at radius 2 is 2.00 bits per heavy atom. The summed E-state index contributed by atoms with van der Waals surface area (Å²) in [6, 6.07) is 3.31. The fraction of sp³-hybridized carbons (Fsp3) is 0.0714. The summed E-state index contributed by atoms with van der Waals surface area (Å²) in [4.78, 5) is 11.5. The van der Waals surface area contributed by atoms with Crippen molar-refractivity contribution in [1.29, 1.82) is 0 Å². The monoisotopic (exact) mass is 301 g/mol. The third-order valence-electron chi connectivity index (χ3n) is 3.44. The Morgan fingerprint density at radius 3 is 2.76 bits per heavy atom. The number of nitrogens with zero attached hydrogens (tertiary/aromatic N) is 4. The van der Waals surface area contributed by atoms with Gasteiger partial charge in [0.05, 0.1) is 35.4 Å². The number of rotatable bonds is 1. The zero-order valence-corrected chi connectivity index (χ0v) is 11.7. The van der Waals surface area contributed by atoms with Gasteiger partial charge in [-0.2, -0.15) is 5.10 Å². The van der Waals surface area contributed by atoms with E-state index in [1.54, 1.807) is 24.1 Å². The van der Waals surface area contributed by atoms with Crippen LogP contribution in [0.5, 0.6) is 0 Å². The second-order valence-electron chi connectivity index (χ2n) is 4.76. The van der Waals surface area contributed by atoms with Gasteiger partial charge in [-0.1, -0.05) is 11.6 Å². The predicted octanol–water partition coefficient (Wildman–Crippen LogP) is 3.30. The van der Waals surface area contributed by atoms with E-state index in [4.69, 9.17) is 11.6 Å². The third-order valence-corrected chi connectivity index (χ3v) is 3.89. The first kappa shape index (κ1) is 12.3. The lowest BCUT2D eigenvalue weighted by Gasteiger charge is -1.99. The first-order chi connectivity index (χ1) is 10.1. The first-order valence-electron chi connectivity index (χ1n) is 6.24. The number of pyridine rings is 2. The minimum atomic E-state index is -0.374. The minimum absolute atomic E-state index is 0.374. The molecule has 4 aromatic heterocycles. The van der Waals surface area contributed by atoms with Gasteiger partial charge < -0.3 is 4.98 Å². The summed E-state index contributed by atoms with van der Waals surface area (Å²) in [7, 11) is 1.76. The summed E-state index contributed by atoms with van der Waals surface area (Å²) in [6.07, 6.45) is 4.53. The Bertz CT molecular complexity index is 988. The van der Waals surface area contributed by atoms with Crippen molar-refractivity contribution in [3.63, 3.8) is 0 Å². The van der Waals surface area contributed by atoms with E-state index < -0.39 is 0 Å². The number of hydrogen-bond acceptors (Lipinski definition) is 3. The van der Waals surface area contributed by atoms with Crippen molar-refractivity contribution >= 4 is 33.5 Å². The highest BCUT2D eigenvalue weighted by Gasteiger charge is 2.13. The van der Waals surface area contributed by atoms with Crippen molar-refractivity contribution < 1.29 is 4.39 Å². The van der Waals surface area contributed by atoms with Crippen molar-refractivity contribution in [1.82, 2.24) is 24.7 Å². The van der Waals surface area contributed by atoms with Crippen molar-refractivity contribution in [3.05, 3.63) is 41.7 Å². The van der Waals surface area contributed by atoms with Gasteiger partial charge >= 0.3 is 0 Å². The Labute approximate surface area is 123 Å². The second kappa shape index (κ2) is 4.26. The molecule has 0 fully saturated rings. The van der Waals surface area contributed by atoms with Crippen molar-refractivity contribution in [2.75, 3.05) is 0 Å². The quantitative estimate of drug-likeness (QED) is 0.587. The lowest BCUT2D eigenvalue weighted by atomic mass is 10.1. The molecule has 4 rings (SSSR count). The molecule has 0 spiro atoms. The highest BCUT2D eigenvalue weighted by Crippen LogP contribution is 2.30. The SMILES string of the molecule is Cn1ncc(-c2cc3c(cn2)[nH]c2ncc(F)cc23)c1Cl. The summed E-state index contributed by atoms with van der Waals surface area (Å²) in [5.74, 6) is -0.374. The lowest BCUT2D eigenvalue weighted by molar-refractivity contribution is 0.624. The number of fused-ring (bicyclic) bond motifs is 3. The molecule has 0 aliphatic rings. The van der Waals surface area contributed by atoms with Crippen LogP contribution in [0, 0.1) is 5.82 Å². The Balaban J connectivity index is 2.02. The highest BCUT2D eigenvalue weighted by atomic mass is 35.5. The van der Waals surface area contributed by atoms with Gasteiger partial charge in [0.2, 0.25) is 0 Å². The maximum atomic E-state index is 13.4.